The van der Waals surface area contributed by atoms with Gasteiger partial charge < -0.3 is 14.6 Å². The van der Waals surface area contributed by atoms with E-state index in [-0.39, 0.29) is 18.1 Å². The molecule has 0 unspecified atom stereocenters. The summed E-state index contributed by atoms with van der Waals surface area (Å²) in [5.41, 5.74) is 1.23. The van der Waals surface area contributed by atoms with E-state index in [9.17, 15) is 18.0 Å². The van der Waals surface area contributed by atoms with Gasteiger partial charge in [-0.3, -0.25) is 4.79 Å². The zero-order valence-corrected chi connectivity index (χ0v) is 13.6. The van der Waals surface area contributed by atoms with E-state index in [0.29, 0.717) is 17.7 Å². The number of rotatable bonds is 7. The number of carboxylic acids is 1. The minimum atomic E-state index is -4.83. The lowest BCUT2D eigenvalue weighted by molar-refractivity contribution is -0.274. The van der Waals surface area contributed by atoms with Crippen LogP contribution in [0.2, 0.25) is 5.02 Å². The first-order valence-corrected chi connectivity index (χ1v) is 7.58. The van der Waals surface area contributed by atoms with E-state index in [1.54, 1.807) is 24.3 Å². The summed E-state index contributed by atoms with van der Waals surface area (Å²) in [5.74, 6) is -0.911. The Kier molecular flexibility index (Phi) is 6.14. The quantitative estimate of drug-likeness (QED) is 0.753. The first kappa shape index (κ1) is 18.9. The van der Waals surface area contributed by atoms with Gasteiger partial charge in [-0.25, -0.2) is 0 Å². The molecule has 0 heterocycles. The molecule has 2 aromatic carbocycles. The fourth-order valence-electron chi connectivity index (χ4n) is 2.05. The molecule has 0 aromatic heterocycles. The molecule has 0 amide bonds. The SMILES string of the molecule is O=C(O)CCc1cccc(OCc2ccc(Cl)c(OC(F)(F)F)c2)c1. The molecule has 134 valence electrons. The minimum Gasteiger partial charge on any atom is -0.489 e. The highest BCUT2D eigenvalue weighted by Crippen LogP contribution is 2.31. The van der Waals surface area contributed by atoms with Gasteiger partial charge in [-0.05, 0) is 41.8 Å². The van der Waals surface area contributed by atoms with Crippen molar-refractivity contribution < 1.29 is 32.5 Å². The number of aliphatic carboxylic acids is 1. The molecule has 2 rings (SSSR count). The average molecular weight is 375 g/mol. The molecule has 8 heteroatoms. The van der Waals surface area contributed by atoms with Crippen molar-refractivity contribution in [1.29, 1.82) is 0 Å². The van der Waals surface area contributed by atoms with E-state index in [0.717, 1.165) is 11.6 Å². The Morgan fingerprint density at radius 3 is 2.56 bits per heavy atom. The highest BCUT2D eigenvalue weighted by molar-refractivity contribution is 6.32. The summed E-state index contributed by atoms with van der Waals surface area (Å²) in [4.78, 5) is 10.6. The Labute approximate surface area is 146 Å². The van der Waals surface area contributed by atoms with Crippen LogP contribution in [0.3, 0.4) is 0 Å². The summed E-state index contributed by atoms with van der Waals surface area (Å²) in [5, 5.41) is 8.54. The second-order valence-corrected chi connectivity index (χ2v) is 5.55. The van der Waals surface area contributed by atoms with E-state index < -0.39 is 18.1 Å². The smallest absolute Gasteiger partial charge is 0.489 e. The van der Waals surface area contributed by atoms with Crippen LogP contribution in [0.5, 0.6) is 11.5 Å². The number of aryl methyl sites for hydroxylation is 1. The summed E-state index contributed by atoms with van der Waals surface area (Å²) in [7, 11) is 0. The molecule has 1 N–H and O–H groups in total. The summed E-state index contributed by atoms with van der Waals surface area (Å²) >= 11 is 5.69. The van der Waals surface area contributed by atoms with Crippen LogP contribution in [0.15, 0.2) is 42.5 Å². The summed E-state index contributed by atoms with van der Waals surface area (Å²) in [6.45, 7) is 0.00771. The Balaban J connectivity index is 2.02. The Morgan fingerprint density at radius 2 is 1.88 bits per heavy atom. The van der Waals surface area contributed by atoms with Crippen LogP contribution in [-0.4, -0.2) is 17.4 Å². The van der Waals surface area contributed by atoms with E-state index in [1.807, 2.05) is 0 Å². The maximum Gasteiger partial charge on any atom is 0.573 e. The highest BCUT2D eigenvalue weighted by atomic mass is 35.5. The fraction of sp³-hybridized carbons (Fsp3) is 0.235. The lowest BCUT2D eigenvalue weighted by Gasteiger charge is -2.12. The third-order valence-corrected chi connectivity index (χ3v) is 3.47. The summed E-state index contributed by atoms with van der Waals surface area (Å²) in [6, 6.07) is 10.8. The highest BCUT2D eigenvalue weighted by Gasteiger charge is 2.32. The van der Waals surface area contributed by atoms with E-state index in [1.165, 1.54) is 12.1 Å². The standard InChI is InChI=1S/C17H14ClF3O4/c18-14-6-4-12(9-15(14)25-17(19,20)21)10-24-13-3-1-2-11(8-13)5-7-16(22)23/h1-4,6,8-9H,5,7,10H2,(H,22,23). The minimum absolute atomic E-state index is 0.00121. The van der Waals surface area contributed by atoms with Crippen molar-refractivity contribution in [3.63, 3.8) is 0 Å². The molecule has 0 bridgehead atoms. The van der Waals surface area contributed by atoms with Gasteiger partial charge in [0, 0.05) is 6.42 Å². The first-order valence-electron chi connectivity index (χ1n) is 7.20. The van der Waals surface area contributed by atoms with Crippen molar-refractivity contribution in [2.45, 2.75) is 25.8 Å². The molecule has 0 aliphatic rings. The summed E-state index contributed by atoms with van der Waals surface area (Å²) < 4.78 is 46.4. The van der Waals surface area contributed by atoms with Gasteiger partial charge in [-0.2, -0.15) is 0 Å². The largest absolute Gasteiger partial charge is 0.573 e. The van der Waals surface area contributed by atoms with Crippen LogP contribution in [0.4, 0.5) is 13.2 Å². The third-order valence-electron chi connectivity index (χ3n) is 3.15. The van der Waals surface area contributed by atoms with Crippen LogP contribution in [0, 0.1) is 0 Å². The Hall–Kier alpha value is -2.41. The van der Waals surface area contributed by atoms with Crippen molar-refractivity contribution in [2.75, 3.05) is 0 Å². The Morgan fingerprint density at radius 1 is 1.12 bits per heavy atom. The number of hydrogen-bond acceptors (Lipinski definition) is 3. The van der Waals surface area contributed by atoms with Gasteiger partial charge in [-0.1, -0.05) is 29.8 Å². The maximum absolute atomic E-state index is 12.3. The number of carboxylic acid groups (broad SMARTS) is 1. The molecule has 0 aliphatic heterocycles. The molecule has 0 aliphatic carbocycles. The lowest BCUT2D eigenvalue weighted by Crippen LogP contribution is -2.17. The lowest BCUT2D eigenvalue weighted by atomic mass is 10.1. The number of carbonyl (C=O) groups is 1. The van der Waals surface area contributed by atoms with Crippen molar-refractivity contribution in [3.8, 4) is 11.5 Å². The second-order valence-electron chi connectivity index (χ2n) is 5.14. The number of alkyl halides is 3. The average Bonchev–Trinajstić information content (AvgIpc) is 2.53. The molecular weight excluding hydrogens is 361 g/mol. The Bertz CT molecular complexity index is 747. The molecule has 2 aromatic rings. The normalized spacial score (nSPS) is 11.2. The van der Waals surface area contributed by atoms with Crippen molar-refractivity contribution in [2.24, 2.45) is 0 Å². The summed E-state index contributed by atoms with van der Waals surface area (Å²) in [6.07, 6.45) is -4.47. The van der Waals surface area contributed by atoms with Crippen LogP contribution < -0.4 is 9.47 Å². The molecule has 0 radical (unpaired) electrons. The van der Waals surface area contributed by atoms with Crippen LogP contribution in [0.25, 0.3) is 0 Å². The number of ether oxygens (including phenoxy) is 2. The molecule has 0 spiro atoms. The van der Waals surface area contributed by atoms with Gasteiger partial charge >= 0.3 is 12.3 Å². The third kappa shape index (κ3) is 6.54. The van der Waals surface area contributed by atoms with Crippen molar-refractivity contribution >= 4 is 17.6 Å². The van der Waals surface area contributed by atoms with Crippen LogP contribution in [0.1, 0.15) is 17.5 Å². The first-order chi connectivity index (χ1) is 11.7. The molecule has 0 fully saturated rings. The van der Waals surface area contributed by atoms with E-state index in [2.05, 4.69) is 4.74 Å². The monoisotopic (exact) mass is 374 g/mol. The topological polar surface area (TPSA) is 55.8 Å². The predicted molar refractivity (Wildman–Crippen MR) is 84.9 cm³/mol. The second kappa shape index (κ2) is 8.11. The zero-order chi connectivity index (χ0) is 18.4. The fourth-order valence-corrected chi connectivity index (χ4v) is 2.21. The maximum atomic E-state index is 12.3. The van der Waals surface area contributed by atoms with Gasteiger partial charge in [0.1, 0.15) is 18.1 Å². The van der Waals surface area contributed by atoms with Crippen LogP contribution >= 0.6 is 11.6 Å². The van der Waals surface area contributed by atoms with Crippen LogP contribution in [-0.2, 0) is 17.8 Å². The van der Waals surface area contributed by atoms with Gasteiger partial charge in [0.15, 0.2) is 0 Å². The molecule has 4 nitrogen and oxygen atoms in total. The molecular formula is C17H14ClF3O4. The molecule has 0 saturated heterocycles. The van der Waals surface area contributed by atoms with Gasteiger partial charge in [0.05, 0.1) is 5.02 Å². The van der Waals surface area contributed by atoms with Gasteiger partial charge in [-0.15, -0.1) is 13.2 Å². The van der Waals surface area contributed by atoms with Crippen molar-refractivity contribution in [3.05, 3.63) is 58.6 Å². The van der Waals surface area contributed by atoms with E-state index in [4.69, 9.17) is 21.4 Å². The number of halogens is 4. The van der Waals surface area contributed by atoms with Gasteiger partial charge in [0.25, 0.3) is 0 Å². The molecule has 0 atom stereocenters. The predicted octanol–water partition coefficient (Wildman–Crippen LogP) is 4.83. The van der Waals surface area contributed by atoms with E-state index >= 15 is 0 Å². The number of benzene rings is 2. The molecule has 25 heavy (non-hydrogen) atoms. The van der Waals surface area contributed by atoms with Crippen molar-refractivity contribution in [1.82, 2.24) is 0 Å². The number of hydrogen-bond donors (Lipinski definition) is 1. The molecule has 0 saturated carbocycles. The van der Waals surface area contributed by atoms with Gasteiger partial charge in [0.2, 0.25) is 0 Å². The zero-order valence-electron chi connectivity index (χ0n) is 12.8.